The summed E-state index contributed by atoms with van der Waals surface area (Å²) in [6.45, 7) is -0.171. The third kappa shape index (κ3) is 4.70. The maximum atomic E-state index is 14.5. The normalized spacial score (nSPS) is 27.1. The van der Waals surface area contributed by atoms with Crippen LogP contribution in [0.5, 0.6) is 0 Å². The first kappa shape index (κ1) is 25.3. The van der Waals surface area contributed by atoms with Crippen LogP contribution in [0, 0.1) is 11.6 Å². The predicted molar refractivity (Wildman–Crippen MR) is 126 cm³/mol. The van der Waals surface area contributed by atoms with Crippen LogP contribution in [0.2, 0.25) is 0 Å². The number of hydrogen-bond acceptors (Lipinski definition) is 8. The molecule has 0 bridgehead atoms. The van der Waals surface area contributed by atoms with Crippen LogP contribution < -0.4 is 0 Å². The van der Waals surface area contributed by atoms with E-state index < -0.39 is 48.7 Å². The van der Waals surface area contributed by atoms with Crippen molar-refractivity contribution in [3.05, 3.63) is 46.3 Å². The third-order valence-corrected chi connectivity index (χ3v) is 7.67. The minimum Gasteiger partial charge on any atom is -0.394 e. The van der Waals surface area contributed by atoms with Gasteiger partial charge in [0.05, 0.1) is 29.5 Å². The lowest BCUT2D eigenvalue weighted by atomic mass is 9.92. The lowest BCUT2D eigenvalue weighted by Gasteiger charge is -2.43. The second-order valence-corrected chi connectivity index (χ2v) is 10.1. The van der Waals surface area contributed by atoms with Crippen molar-refractivity contribution in [3.63, 3.8) is 0 Å². The number of aliphatic hydroxyl groups is 2. The Balaban J connectivity index is 1.42. The molecule has 13 heteroatoms. The summed E-state index contributed by atoms with van der Waals surface area (Å²) in [5, 5.41) is 37.5. The summed E-state index contributed by atoms with van der Waals surface area (Å²) in [5.41, 5.74) is 0.953. The highest BCUT2D eigenvalue weighted by Crippen LogP contribution is 2.35. The number of ether oxygens (including phenoxy) is 2. The van der Waals surface area contributed by atoms with E-state index in [1.807, 2.05) is 6.20 Å². The van der Waals surface area contributed by atoms with Crippen molar-refractivity contribution in [2.24, 2.45) is 0 Å². The first-order valence-electron chi connectivity index (χ1n) is 11.8. The fraction of sp³-hybridized carbons (Fsp3) is 0.565. The summed E-state index contributed by atoms with van der Waals surface area (Å²) < 4.78 is 43.3. The van der Waals surface area contributed by atoms with Gasteiger partial charge < -0.3 is 19.7 Å². The van der Waals surface area contributed by atoms with E-state index in [0.717, 1.165) is 18.5 Å². The van der Waals surface area contributed by atoms with Crippen LogP contribution in [0.15, 0.2) is 29.0 Å². The van der Waals surface area contributed by atoms with E-state index in [1.54, 1.807) is 4.68 Å². The summed E-state index contributed by atoms with van der Waals surface area (Å²) in [6.07, 6.45) is 4.40. The van der Waals surface area contributed by atoms with Gasteiger partial charge in [0.2, 0.25) is 0 Å². The van der Waals surface area contributed by atoms with Gasteiger partial charge in [-0.25, -0.2) is 18.1 Å². The van der Waals surface area contributed by atoms with Gasteiger partial charge in [-0.2, -0.15) is 0 Å². The van der Waals surface area contributed by atoms with Crippen molar-refractivity contribution >= 4 is 15.9 Å². The number of benzene rings is 1. The highest BCUT2D eigenvalue weighted by Gasteiger charge is 2.47. The number of hydrogen-bond donors (Lipinski definition) is 2. The zero-order chi connectivity index (χ0) is 25.4. The van der Waals surface area contributed by atoms with Crippen LogP contribution in [-0.2, 0) is 16.0 Å². The van der Waals surface area contributed by atoms with Gasteiger partial charge in [-0.3, -0.25) is 0 Å². The van der Waals surface area contributed by atoms with Gasteiger partial charge in [0.1, 0.15) is 36.2 Å². The van der Waals surface area contributed by atoms with E-state index in [9.17, 15) is 19.0 Å². The Morgan fingerprint density at radius 1 is 1.11 bits per heavy atom. The van der Waals surface area contributed by atoms with Crippen molar-refractivity contribution in [2.45, 2.75) is 68.6 Å². The molecule has 0 unspecified atom stereocenters. The molecule has 3 heterocycles. The lowest BCUT2D eigenvalue weighted by Crippen LogP contribution is -2.57. The van der Waals surface area contributed by atoms with Crippen LogP contribution in [0.3, 0.4) is 0 Å². The number of nitrogens with zero attached hydrogens (tertiary/aromatic N) is 6. The number of aromatic nitrogens is 6. The van der Waals surface area contributed by atoms with Crippen molar-refractivity contribution < 1.29 is 28.5 Å². The molecule has 1 saturated heterocycles. The molecule has 2 aromatic heterocycles. The monoisotopic (exact) mass is 568 g/mol. The SMILES string of the molecule is CO[C@@H]1[C@@H](n2cc(-c3ccc(Br)c(F)c3F)nn2)[C@@H](O)[C@@H](CO)O[C@@H]1Cn1cc(C2CCCC2)nn1. The maximum absolute atomic E-state index is 14.5. The largest absolute Gasteiger partial charge is 0.394 e. The van der Waals surface area contributed by atoms with Gasteiger partial charge in [0, 0.05) is 24.8 Å². The van der Waals surface area contributed by atoms with Crippen LogP contribution in [0.4, 0.5) is 8.78 Å². The molecule has 1 aromatic carbocycles. The van der Waals surface area contributed by atoms with Crippen molar-refractivity contribution in [3.8, 4) is 11.3 Å². The molecule has 1 aliphatic carbocycles. The van der Waals surface area contributed by atoms with Crippen LogP contribution in [0.1, 0.15) is 43.3 Å². The fourth-order valence-corrected chi connectivity index (χ4v) is 5.48. The molecule has 0 spiro atoms. The molecule has 0 radical (unpaired) electrons. The van der Waals surface area contributed by atoms with E-state index in [4.69, 9.17) is 9.47 Å². The summed E-state index contributed by atoms with van der Waals surface area (Å²) in [6, 6.07) is 1.94. The molecular formula is C23H27BrF2N6O4. The lowest BCUT2D eigenvalue weighted by molar-refractivity contribution is -0.216. The van der Waals surface area contributed by atoms with E-state index in [-0.39, 0.29) is 22.3 Å². The minimum absolute atomic E-state index is 0.00623. The molecule has 10 nitrogen and oxygen atoms in total. The van der Waals surface area contributed by atoms with Crippen LogP contribution >= 0.6 is 15.9 Å². The van der Waals surface area contributed by atoms with Crippen molar-refractivity contribution in [2.75, 3.05) is 13.7 Å². The van der Waals surface area contributed by atoms with Crippen LogP contribution in [-0.4, -0.2) is 78.3 Å². The topological polar surface area (TPSA) is 120 Å². The Hall–Kier alpha value is -2.32. The molecule has 3 aromatic rings. The zero-order valence-corrected chi connectivity index (χ0v) is 21.1. The predicted octanol–water partition coefficient (Wildman–Crippen LogP) is 2.61. The maximum Gasteiger partial charge on any atom is 0.173 e. The molecule has 1 aliphatic heterocycles. The highest BCUT2D eigenvalue weighted by molar-refractivity contribution is 9.10. The molecule has 1 saturated carbocycles. The Kier molecular flexibility index (Phi) is 7.45. The molecule has 5 atom stereocenters. The standard InChI is InChI=1S/C23H27BrF2N6O4/c1-35-23-17(10-31-8-15(27-29-31)12-4-2-3-5-12)36-18(11-33)22(34)21(23)32-9-16(28-30-32)13-6-7-14(24)20(26)19(13)25/h6-9,12,17-18,21-23,33-34H,2-5,10-11H2,1H3/t17-,18-,21+,22+,23+/m1/s1. The molecule has 0 amide bonds. The van der Waals surface area contributed by atoms with Gasteiger partial charge in [0.25, 0.3) is 0 Å². The second kappa shape index (κ2) is 10.6. The molecule has 2 N–H and O–H groups in total. The summed E-state index contributed by atoms with van der Waals surface area (Å²) in [4.78, 5) is 0. The number of aliphatic hydroxyl groups excluding tert-OH is 2. The van der Waals surface area contributed by atoms with E-state index >= 15 is 0 Å². The highest BCUT2D eigenvalue weighted by atomic mass is 79.9. The number of rotatable bonds is 7. The number of halogens is 3. The number of methoxy groups -OCH3 is 1. The van der Waals surface area contributed by atoms with E-state index in [0.29, 0.717) is 5.92 Å². The van der Waals surface area contributed by atoms with Crippen molar-refractivity contribution in [1.82, 2.24) is 30.0 Å². The summed E-state index contributed by atoms with van der Waals surface area (Å²) in [7, 11) is 1.48. The molecule has 2 fully saturated rings. The Morgan fingerprint density at radius 3 is 2.61 bits per heavy atom. The first-order valence-corrected chi connectivity index (χ1v) is 12.6. The van der Waals surface area contributed by atoms with Gasteiger partial charge in [-0.15, -0.1) is 10.2 Å². The van der Waals surface area contributed by atoms with Gasteiger partial charge in [-0.1, -0.05) is 23.3 Å². The molecule has 36 heavy (non-hydrogen) atoms. The van der Waals surface area contributed by atoms with E-state index in [2.05, 4.69) is 36.6 Å². The second-order valence-electron chi connectivity index (χ2n) is 9.23. The van der Waals surface area contributed by atoms with Gasteiger partial charge in [0.15, 0.2) is 11.6 Å². The first-order chi connectivity index (χ1) is 17.4. The molecule has 5 rings (SSSR count). The van der Waals surface area contributed by atoms with Gasteiger partial charge in [-0.05, 0) is 40.9 Å². The average molecular weight is 569 g/mol. The third-order valence-electron chi connectivity index (χ3n) is 7.06. The summed E-state index contributed by atoms with van der Waals surface area (Å²) >= 11 is 2.96. The minimum atomic E-state index is -1.21. The smallest absolute Gasteiger partial charge is 0.173 e. The molecule has 2 aliphatic rings. The Bertz CT molecular complexity index is 1200. The Labute approximate surface area is 214 Å². The molecule has 194 valence electrons. The van der Waals surface area contributed by atoms with Crippen LogP contribution in [0.25, 0.3) is 11.3 Å². The average Bonchev–Trinajstić information content (AvgIpc) is 3.65. The quantitative estimate of drug-likeness (QED) is 0.417. The zero-order valence-electron chi connectivity index (χ0n) is 19.5. The van der Waals surface area contributed by atoms with E-state index in [1.165, 1.54) is 43.0 Å². The van der Waals surface area contributed by atoms with Crippen molar-refractivity contribution in [1.29, 1.82) is 0 Å². The van der Waals surface area contributed by atoms with Gasteiger partial charge >= 0.3 is 0 Å². The Morgan fingerprint density at radius 2 is 1.89 bits per heavy atom. The fourth-order valence-electron chi connectivity index (χ4n) is 5.18. The summed E-state index contributed by atoms with van der Waals surface area (Å²) in [5.74, 6) is -1.70. The molecular weight excluding hydrogens is 542 g/mol.